The van der Waals surface area contributed by atoms with Gasteiger partial charge in [0.15, 0.2) is 0 Å². The Morgan fingerprint density at radius 3 is 2.58 bits per heavy atom. The second kappa shape index (κ2) is 8.30. The lowest BCUT2D eigenvalue weighted by molar-refractivity contribution is -0.140. The summed E-state index contributed by atoms with van der Waals surface area (Å²) in [6.07, 6.45) is 0.156. The lowest BCUT2D eigenvalue weighted by Crippen LogP contribution is -2.37. The second-order valence-electron chi connectivity index (χ2n) is 9.59. The van der Waals surface area contributed by atoms with Gasteiger partial charge in [-0.15, -0.1) is 0 Å². The van der Waals surface area contributed by atoms with Gasteiger partial charge in [0.25, 0.3) is 0 Å². The predicted octanol–water partition coefficient (Wildman–Crippen LogP) is 4.17. The number of alkyl halides is 3. The van der Waals surface area contributed by atoms with Crippen molar-refractivity contribution in [3.8, 4) is 5.88 Å². The molecular formula is C23H26F4N4O2. The fraction of sp³-hybridized carbons (Fsp3) is 0.565. The van der Waals surface area contributed by atoms with Crippen molar-refractivity contribution in [3.05, 3.63) is 47.7 Å². The van der Waals surface area contributed by atoms with Crippen molar-refractivity contribution in [1.82, 2.24) is 19.4 Å². The molecule has 1 amide bonds. The third-order valence-electron chi connectivity index (χ3n) is 6.93. The van der Waals surface area contributed by atoms with Crippen LogP contribution in [0.15, 0.2) is 30.7 Å². The number of amides is 1. The van der Waals surface area contributed by atoms with Gasteiger partial charge in [0, 0.05) is 39.8 Å². The highest BCUT2D eigenvalue weighted by atomic mass is 19.4. The van der Waals surface area contributed by atoms with Crippen molar-refractivity contribution in [2.24, 2.45) is 30.7 Å². The van der Waals surface area contributed by atoms with Crippen molar-refractivity contribution in [1.29, 1.82) is 0 Å². The lowest BCUT2D eigenvalue weighted by Gasteiger charge is -2.25. The number of aryl methyl sites for hydroxylation is 1. The van der Waals surface area contributed by atoms with E-state index in [0.29, 0.717) is 24.3 Å². The Labute approximate surface area is 189 Å². The van der Waals surface area contributed by atoms with E-state index in [4.69, 9.17) is 4.74 Å². The summed E-state index contributed by atoms with van der Waals surface area (Å²) in [7, 11) is 1.73. The molecule has 5 rings (SSSR count). The number of rotatable bonds is 7. The van der Waals surface area contributed by atoms with Gasteiger partial charge in [-0.05, 0) is 54.2 Å². The summed E-state index contributed by atoms with van der Waals surface area (Å²) >= 11 is 0. The molecule has 0 spiro atoms. The largest absolute Gasteiger partial charge is 0.419 e. The molecule has 2 unspecified atom stereocenters. The third kappa shape index (κ3) is 5.00. The quantitative estimate of drug-likeness (QED) is 0.575. The van der Waals surface area contributed by atoms with E-state index >= 15 is 0 Å². The van der Waals surface area contributed by atoms with Crippen LogP contribution in [-0.4, -0.2) is 51.6 Å². The zero-order valence-corrected chi connectivity index (χ0v) is 18.3. The second-order valence-corrected chi connectivity index (χ2v) is 9.59. The maximum atomic E-state index is 13.7. The summed E-state index contributed by atoms with van der Waals surface area (Å²) in [6, 6.07) is 2.83. The van der Waals surface area contributed by atoms with Crippen LogP contribution in [0.2, 0.25) is 0 Å². The van der Waals surface area contributed by atoms with Crippen LogP contribution < -0.4 is 4.74 Å². The summed E-state index contributed by atoms with van der Waals surface area (Å²) in [5.74, 6) is 0.891. The molecule has 2 heterocycles. The van der Waals surface area contributed by atoms with Crippen LogP contribution in [0.5, 0.6) is 5.88 Å². The van der Waals surface area contributed by atoms with Gasteiger partial charge in [0.05, 0.1) is 18.1 Å². The van der Waals surface area contributed by atoms with E-state index in [-0.39, 0.29) is 18.0 Å². The van der Waals surface area contributed by atoms with Crippen molar-refractivity contribution in [3.63, 3.8) is 0 Å². The van der Waals surface area contributed by atoms with Gasteiger partial charge in [-0.2, -0.15) is 13.2 Å². The first-order valence-electron chi connectivity index (χ1n) is 11.2. The molecule has 3 aliphatic rings. The monoisotopic (exact) mass is 466 g/mol. The Balaban J connectivity index is 1.28. The number of likely N-dealkylation sites (tertiary alicyclic amines) is 1. The Morgan fingerprint density at radius 2 is 1.97 bits per heavy atom. The predicted molar refractivity (Wildman–Crippen MR) is 111 cm³/mol. The Morgan fingerprint density at radius 1 is 1.24 bits per heavy atom. The molecule has 1 aliphatic heterocycles. The van der Waals surface area contributed by atoms with E-state index in [9.17, 15) is 22.4 Å². The number of carbonyl (C=O) groups is 1. The van der Waals surface area contributed by atoms with Crippen molar-refractivity contribution in [2.45, 2.75) is 25.6 Å². The molecule has 10 heteroatoms. The average Bonchev–Trinajstić information content (AvgIpc) is 3.57. The first-order valence-corrected chi connectivity index (χ1v) is 11.2. The zero-order valence-electron chi connectivity index (χ0n) is 18.3. The maximum Gasteiger partial charge on any atom is 0.419 e. The molecule has 2 aliphatic carbocycles. The number of fused-ring (bicyclic) bond motifs is 1. The zero-order chi connectivity index (χ0) is 23.3. The number of ether oxygens (including phenoxy) is 1. The fourth-order valence-electron chi connectivity index (χ4n) is 4.98. The molecular weight excluding hydrogens is 440 g/mol. The van der Waals surface area contributed by atoms with Gasteiger partial charge < -0.3 is 19.1 Å². The Hall–Kier alpha value is -2.62. The normalized spacial score (nSPS) is 24.6. The molecule has 1 saturated heterocycles. The highest BCUT2D eigenvalue weighted by molar-refractivity contribution is 5.70. The summed E-state index contributed by atoms with van der Waals surface area (Å²) in [4.78, 5) is 20.8. The van der Waals surface area contributed by atoms with E-state index in [2.05, 4.69) is 9.88 Å². The average molecular weight is 466 g/mol. The minimum absolute atomic E-state index is 0.100. The highest BCUT2D eigenvalue weighted by Crippen LogP contribution is 2.52. The summed E-state index contributed by atoms with van der Waals surface area (Å²) in [5, 5.41) is 0. The maximum absolute atomic E-state index is 13.7. The van der Waals surface area contributed by atoms with Gasteiger partial charge >= 0.3 is 12.3 Å². The number of carbonyl (C=O) groups excluding carboxylic acids is 1. The van der Waals surface area contributed by atoms with Crippen molar-refractivity contribution < 1.29 is 27.1 Å². The molecule has 1 aromatic heterocycles. The number of aromatic nitrogens is 2. The molecule has 0 N–H and O–H groups in total. The number of nitrogens with zero attached hydrogens (tertiary/aromatic N) is 4. The number of hydrogen-bond acceptors (Lipinski definition) is 4. The van der Waals surface area contributed by atoms with Crippen LogP contribution in [0.1, 0.15) is 24.0 Å². The van der Waals surface area contributed by atoms with Gasteiger partial charge in [-0.3, -0.25) is 0 Å². The standard InChI is InChI=1S/C23H26F4N4O2/c1-29-12-21(28-13-29)33-22(32)31(8-15-4-5-20(24)19(6-15)23(25,26)27)11-18-16-9-30(10-17(16)18)7-14-2-3-14/h4-6,12-14,16-18H,2-3,7-11H2,1H3. The molecule has 1 aromatic carbocycles. The van der Waals surface area contributed by atoms with Gasteiger partial charge in [-0.1, -0.05) is 6.07 Å². The van der Waals surface area contributed by atoms with E-state index < -0.39 is 23.7 Å². The van der Waals surface area contributed by atoms with E-state index in [1.54, 1.807) is 11.6 Å². The Kier molecular flexibility index (Phi) is 5.58. The van der Waals surface area contributed by atoms with E-state index in [1.165, 1.54) is 36.3 Å². The van der Waals surface area contributed by atoms with E-state index in [0.717, 1.165) is 37.7 Å². The molecule has 0 bridgehead atoms. The van der Waals surface area contributed by atoms with E-state index in [1.807, 2.05) is 0 Å². The summed E-state index contributed by atoms with van der Waals surface area (Å²) < 4.78 is 60.2. The molecule has 3 fully saturated rings. The molecule has 2 saturated carbocycles. The molecule has 0 radical (unpaired) electrons. The summed E-state index contributed by atoms with van der Waals surface area (Å²) in [6.45, 7) is 3.43. The van der Waals surface area contributed by atoms with Crippen molar-refractivity contribution in [2.75, 3.05) is 26.2 Å². The third-order valence-corrected chi connectivity index (χ3v) is 6.93. The van der Waals surface area contributed by atoms with Crippen molar-refractivity contribution >= 4 is 6.09 Å². The minimum Gasteiger partial charge on any atom is -0.389 e. The smallest absolute Gasteiger partial charge is 0.389 e. The number of benzene rings is 1. The minimum atomic E-state index is -4.81. The fourth-order valence-corrected chi connectivity index (χ4v) is 4.98. The van der Waals surface area contributed by atoms with Crippen LogP contribution in [0.4, 0.5) is 22.4 Å². The molecule has 2 aromatic rings. The number of halogens is 4. The topological polar surface area (TPSA) is 50.6 Å². The van der Waals surface area contributed by atoms with Crippen LogP contribution in [0, 0.1) is 29.5 Å². The van der Waals surface area contributed by atoms with Crippen LogP contribution in [0.25, 0.3) is 0 Å². The Bertz CT molecular complexity index is 1020. The van der Waals surface area contributed by atoms with Crippen LogP contribution in [0.3, 0.4) is 0 Å². The summed E-state index contributed by atoms with van der Waals surface area (Å²) in [5.41, 5.74) is -1.14. The molecule has 6 nitrogen and oxygen atoms in total. The number of imidazole rings is 1. The van der Waals surface area contributed by atoms with Gasteiger partial charge in [0.2, 0.25) is 5.88 Å². The SMILES string of the molecule is Cn1cnc(OC(=O)N(Cc2ccc(F)c(C(F)(F)F)c2)CC2C3CN(CC4CC4)CC32)c1. The van der Waals surface area contributed by atoms with Crippen LogP contribution in [-0.2, 0) is 19.8 Å². The highest BCUT2D eigenvalue weighted by Gasteiger charge is 2.56. The molecule has 2 atom stereocenters. The number of piperidine rings is 1. The molecule has 178 valence electrons. The first-order chi connectivity index (χ1) is 15.7. The molecule has 33 heavy (non-hydrogen) atoms. The lowest BCUT2D eigenvalue weighted by atomic mass is 10.1. The van der Waals surface area contributed by atoms with Gasteiger partial charge in [0.1, 0.15) is 5.82 Å². The number of hydrogen-bond donors (Lipinski definition) is 0. The van der Waals surface area contributed by atoms with Crippen LogP contribution >= 0.6 is 0 Å². The first kappa shape index (κ1) is 22.2. The van der Waals surface area contributed by atoms with Gasteiger partial charge in [-0.25, -0.2) is 14.2 Å².